The summed E-state index contributed by atoms with van der Waals surface area (Å²) >= 11 is 3.02. The average molecular weight is 310 g/mol. The number of nitriles is 1. The number of thiophene rings is 1. The topological polar surface area (TPSA) is 91.0 Å². The van der Waals surface area contributed by atoms with Gasteiger partial charge in [0.2, 0.25) is 0 Å². The molecule has 1 unspecified atom stereocenters. The molecule has 1 N–H and O–H groups in total. The van der Waals surface area contributed by atoms with Crippen LogP contribution in [0.2, 0.25) is 0 Å². The second-order valence-electron chi connectivity index (χ2n) is 3.94. The Morgan fingerprint density at radius 3 is 2.90 bits per heavy atom. The molecule has 0 aliphatic rings. The molecule has 0 saturated heterocycles. The molecule has 20 heavy (non-hydrogen) atoms. The molecule has 0 amide bonds. The molecule has 0 aliphatic carbocycles. The number of hydrogen-bond acceptors (Lipinski definition) is 7. The van der Waals surface area contributed by atoms with Crippen LogP contribution in [0.4, 0.5) is 0 Å². The molecule has 1 aromatic heterocycles. The second kappa shape index (κ2) is 8.51. The van der Waals surface area contributed by atoms with E-state index < -0.39 is 24.3 Å². The summed E-state index contributed by atoms with van der Waals surface area (Å²) in [7, 11) is 0. The molecule has 1 aromatic rings. The number of nitrogens with one attached hydrogen (secondary N) is 1. The summed E-state index contributed by atoms with van der Waals surface area (Å²) in [4.78, 5) is 24.1. The van der Waals surface area contributed by atoms with E-state index in [-0.39, 0.29) is 11.5 Å². The van der Waals surface area contributed by atoms with Crippen molar-refractivity contribution < 1.29 is 14.3 Å². The van der Waals surface area contributed by atoms with E-state index in [1.807, 2.05) is 17.5 Å². The minimum absolute atomic E-state index is 0.0411. The Bertz CT molecular complexity index is 520. The second-order valence-corrected chi connectivity index (χ2v) is 5.96. The van der Waals surface area contributed by atoms with Gasteiger partial charge in [-0.15, -0.1) is 23.1 Å². The van der Waals surface area contributed by atoms with Gasteiger partial charge in [0.15, 0.2) is 12.4 Å². The molecule has 0 bridgehead atoms. The third-order valence-corrected chi connectivity index (χ3v) is 4.32. The van der Waals surface area contributed by atoms with Crippen molar-refractivity contribution >= 4 is 40.6 Å². The lowest BCUT2D eigenvalue weighted by molar-refractivity contribution is -0.145. The van der Waals surface area contributed by atoms with Crippen molar-refractivity contribution in [2.24, 2.45) is 5.92 Å². The molecule has 1 rings (SSSR count). The summed E-state index contributed by atoms with van der Waals surface area (Å²) in [5.41, 5.74) is -0.0411. The van der Waals surface area contributed by atoms with Gasteiger partial charge in [0, 0.05) is 16.3 Å². The smallest absolute Gasteiger partial charge is 0.316 e. The van der Waals surface area contributed by atoms with Crippen LogP contribution >= 0.6 is 23.1 Å². The number of thioether (sulfide) groups is 1. The van der Waals surface area contributed by atoms with E-state index in [0.29, 0.717) is 0 Å². The Kier molecular flexibility index (Phi) is 6.98. The predicted octanol–water partition coefficient (Wildman–Crippen LogP) is 2.27. The minimum Gasteiger partial charge on any atom is -0.457 e. The monoisotopic (exact) mass is 310 g/mol. The SMILES string of the molecule is CC(=N)C(C#N)C(=O)COC(=O)CSCc1cccs1. The number of ether oxygens (including phenoxy) is 1. The molecule has 5 nitrogen and oxygen atoms in total. The van der Waals surface area contributed by atoms with Crippen molar-refractivity contribution in [1.82, 2.24) is 0 Å². The van der Waals surface area contributed by atoms with Crippen LogP contribution in [0.3, 0.4) is 0 Å². The number of carbonyl (C=O) groups excluding carboxylic acids is 2. The zero-order chi connectivity index (χ0) is 15.0. The molecule has 1 atom stereocenters. The maximum Gasteiger partial charge on any atom is 0.316 e. The molecular formula is C13H14N2O3S2. The fourth-order valence-electron chi connectivity index (χ4n) is 1.32. The van der Waals surface area contributed by atoms with Gasteiger partial charge in [-0.25, -0.2) is 0 Å². The van der Waals surface area contributed by atoms with Crippen molar-refractivity contribution in [2.75, 3.05) is 12.4 Å². The fourth-order valence-corrected chi connectivity index (χ4v) is 2.98. The van der Waals surface area contributed by atoms with E-state index in [9.17, 15) is 9.59 Å². The number of carbonyl (C=O) groups is 2. The average Bonchev–Trinajstić information content (AvgIpc) is 2.90. The molecule has 0 aliphatic heterocycles. The summed E-state index contributed by atoms with van der Waals surface area (Å²) in [5, 5.41) is 18.0. The Labute approximate surface area is 125 Å². The zero-order valence-electron chi connectivity index (χ0n) is 10.9. The van der Waals surface area contributed by atoms with E-state index in [2.05, 4.69) is 0 Å². The number of ketones is 1. The molecular weight excluding hydrogens is 296 g/mol. The first-order valence-corrected chi connectivity index (χ1v) is 7.81. The lowest BCUT2D eigenvalue weighted by Gasteiger charge is -2.07. The summed E-state index contributed by atoms with van der Waals surface area (Å²) in [6.07, 6.45) is 0. The van der Waals surface area contributed by atoms with Gasteiger partial charge in [0.25, 0.3) is 0 Å². The third-order valence-electron chi connectivity index (χ3n) is 2.30. The number of rotatable bonds is 8. The van der Waals surface area contributed by atoms with Crippen LogP contribution in [0, 0.1) is 22.7 Å². The van der Waals surface area contributed by atoms with Gasteiger partial charge in [-0.05, 0) is 18.4 Å². The Balaban J connectivity index is 2.24. The van der Waals surface area contributed by atoms with Gasteiger partial charge < -0.3 is 10.1 Å². The summed E-state index contributed by atoms with van der Waals surface area (Å²) in [6.45, 7) is 0.928. The lowest BCUT2D eigenvalue weighted by Crippen LogP contribution is -2.26. The molecule has 0 fully saturated rings. The maximum absolute atomic E-state index is 11.5. The van der Waals surface area contributed by atoms with Crippen molar-refractivity contribution in [3.63, 3.8) is 0 Å². The normalized spacial score (nSPS) is 11.4. The van der Waals surface area contributed by atoms with Crippen LogP contribution in [0.5, 0.6) is 0 Å². The van der Waals surface area contributed by atoms with E-state index in [0.717, 1.165) is 5.75 Å². The Morgan fingerprint density at radius 1 is 1.60 bits per heavy atom. The van der Waals surface area contributed by atoms with Crippen molar-refractivity contribution in [2.45, 2.75) is 12.7 Å². The quantitative estimate of drug-likeness (QED) is 0.587. The Hall–Kier alpha value is -1.65. The molecule has 106 valence electrons. The van der Waals surface area contributed by atoms with Gasteiger partial charge in [-0.3, -0.25) is 9.59 Å². The number of Topliss-reactive ketones (excluding diaryl/α,β-unsaturated/α-hetero) is 1. The van der Waals surface area contributed by atoms with Crippen molar-refractivity contribution in [3.8, 4) is 6.07 Å². The molecule has 1 heterocycles. The van der Waals surface area contributed by atoms with Crippen LogP contribution in [-0.2, 0) is 20.1 Å². The van der Waals surface area contributed by atoms with Gasteiger partial charge >= 0.3 is 5.97 Å². The van der Waals surface area contributed by atoms with Crippen LogP contribution in [0.15, 0.2) is 17.5 Å². The molecule has 7 heteroatoms. The highest BCUT2D eigenvalue weighted by Gasteiger charge is 2.21. The van der Waals surface area contributed by atoms with E-state index in [4.69, 9.17) is 15.4 Å². The summed E-state index contributed by atoms with van der Waals surface area (Å²) in [5.74, 6) is -1.29. The highest BCUT2D eigenvalue weighted by molar-refractivity contribution is 7.99. The zero-order valence-corrected chi connectivity index (χ0v) is 12.6. The Morgan fingerprint density at radius 2 is 2.35 bits per heavy atom. The number of esters is 1. The van der Waals surface area contributed by atoms with Gasteiger partial charge in [0.1, 0.15) is 5.92 Å². The van der Waals surface area contributed by atoms with Gasteiger partial charge in [-0.2, -0.15) is 5.26 Å². The van der Waals surface area contributed by atoms with Crippen LogP contribution in [0.25, 0.3) is 0 Å². The predicted molar refractivity (Wildman–Crippen MR) is 79.0 cm³/mol. The largest absolute Gasteiger partial charge is 0.457 e. The maximum atomic E-state index is 11.5. The fraction of sp³-hybridized carbons (Fsp3) is 0.385. The summed E-state index contributed by atoms with van der Waals surface area (Å²) < 4.78 is 4.80. The van der Waals surface area contributed by atoms with Crippen LogP contribution < -0.4 is 0 Å². The van der Waals surface area contributed by atoms with Crippen molar-refractivity contribution in [1.29, 1.82) is 10.7 Å². The third kappa shape index (κ3) is 5.55. The van der Waals surface area contributed by atoms with E-state index >= 15 is 0 Å². The molecule has 0 saturated carbocycles. The molecule has 0 radical (unpaired) electrons. The van der Waals surface area contributed by atoms with Crippen LogP contribution in [0.1, 0.15) is 11.8 Å². The highest BCUT2D eigenvalue weighted by Crippen LogP contribution is 2.17. The molecule has 0 aromatic carbocycles. The summed E-state index contributed by atoms with van der Waals surface area (Å²) in [6, 6.07) is 5.64. The standard InChI is InChI=1S/C13H14N2O3S2/c1-9(15)11(5-14)12(16)6-18-13(17)8-19-7-10-3-2-4-20-10/h2-4,11,15H,6-8H2,1H3. The van der Waals surface area contributed by atoms with Gasteiger partial charge in [-0.1, -0.05) is 6.07 Å². The minimum atomic E-state index is -1.12. The molecule has 0 spiro atoms. The first kappa shape index (κ1) is 16.4. The van der Waals surface area contributed by atoms with Crippen molar-refractivity contribution in [3.05, 3.63) is 22.4 Å². The number of nitrogens with zero attached hydrogens (tertiary/aromatic N) is 1. The number of hydrogen-bond donors (Lipinski definition) is 1. The van der Waals surface area contributed by atoms with Gasteiger partial charge in [0.05, 0.1) is 11.8 Å². The van der Waals surface area contributed by atoms with E-state index in [1.54, 1.807) is 17.4 Å². The lowest BCUT2D eigenvalue weighted by atomic mass is 10.0. The highest BCUT2D eigenvalue weighted by atomic mass is 32.2. The van der Waals surface area contributed by atoms with Crippen LogP contribution in [-0.4, -0.2) is 29.8 Å². The first-order valence-electron chi connectivity index (χ1n) is 5.77. The van der Waals surface area contributed by atoms with E-state index in [1.165, 1.54) is 23.6 Å². The first-order chi connectivity index (χ1) is 9.54.